The first-order chi connectivity index (χ1) is 15.7. The van der Waals surface area contributed by atoms with E-state index in [1.165, 1.54) is 23.6 Å². The lowest BCUT2D eigenvalue weighted by Crippen LogP contribution is -2.39. The predicted molar refractivity (Wildman–Crippen MR) is 121 cm³/mol. The highest BCUT2D eigenvalue weighted by Crippen LogP contribution is 2.14. The number of hydrogen-bond donors (Lipinski definition) is 2. The lowest BCUT2D eigenvalue weighted by Gasteiger charge is -2.14. The number of imidazole rings is 1. The van der Waals surface area contributed by atoms with Gasteiger partial charge in [-0.15, -0.1) is 0 Å². The molecule has 0 amide bonds. The fourth-order valence-electron chi connectivity index (χ4n) is 3.40. The molecule has 0 aliphatic rings. The van der Waals surface area contributed by atoms with Gasteiger partial charge in [-0.25, -0.2) is 18.2 Å². The van der Waals surface area contributed by atoms with Crippen molar-refractivity contribution in [2.45, 2.75) is 64.2 Å². The van der Waals surface area contributed by atoms with Gasteiger partial charge in [0.2, 0.25) is 10.0 Å². The number of carbonyl (C=O) groups excluding carboxylic acids is 1. The Kier molecular flexibility index (Phi) is 7.49. The van der Waals surface area contributed by atoms with Crippen LogP contribution in [0.5, 0.6) is 0 Å². The molecule has 0 fully saturated rings. The Bertz CT molecular complexity index is 1360. The lowest BCUT2D eigenvalue weighted by molar-refractivity contribution is -0.146. The largest absolute Gasteiger partial charge is 0.456 e. The zero-order valence-corrected chi connectivity index (χ0v) is 19.5. The standard InChI is InChI=1S/C21H27N5O6S/c1-4-6-12-26-18-17(19(27)23-21(26)29)25(5-2)16(22-18)13-32-20(28)14(3)24-33(30,31)15-10-8-7-9-11-15/h7-11,14,24H,4-6,12-13H2,1-3H3,(H,23,27,29)/t14-/m0/s1. The summed E-state index contributed by atoms with van der Waals surface area (Å²) >= 11 is 0. The van der Waals surface area contributed by atoms with Crippen LogP contribution in [0.25, 0.3) is 11.2 Å². The molecule has 2 aromatic heterocycles. The highest BCUT2D eigenvalue weighted by atomic mass is 32.2. The number of benzene rings is 1. The number of ether oxygens (including phenoxy) is 1. The third-order valence-corrected chi connectivity index (χ3v) is 6.66. The molecule has 11 nitrogen and oxygen atoms in total. The number of hydrogen-bond acceptors (Lipinski definition) is 7. The molecule has 12 heteroatoms. The summed E-state index contributed by atoms with van der Waals surface area (Å²) < 4.78 is 35.4. The van der Waals surface area contributed by atoms with Crippen LogP contribution in [0.1, 0.15) is 39.4 Å². The third-order valence-electron chi connectivity index (χ3n) is 5.10. The number of rotatable bonds is 10. The van der Waals surface area contributed by atoms with E-state index in [4.69, 9.17) is 4.74 Å². The van der Waals surface area contributed by atoms with E-state index in [1.807, 2.05) is 6.92 Å². The van der Waals surface area contributed by atoms with Gasteiger partial charge in [0.15, 0.2) is 11.2 Å². The molecule has 3 aromatic rings. The van der Waals surface area contributed by atoms with E-state index in [1.54, 1.807) is 29.7 Å². The maximum Gasteiger partial charge on any atom is 0.330 e. The summed E-state index contributed by atoms with van der Waals surface area (Å²) in [4.78, 5) is 43.9. The molecule has 3 rings (SSSR count). The Morgan fingerprint density at radius 2 is 1.88 bits per heavy atom. The zero-order chi connectivity index (χ0) is 24.2. The molecule has 0 radical (unpaired) electrons. The summed E-state index contributed by atoms with van der Waals surface area (Å²) in [6.45, 7) is 5.61. The van der Waals surface area contributed by atoms with Crippen molar-refractivity contribution < 1.29 is 17.9 Å². The number of unbranched alkanes of at least 4 members (excludes halogenated alkanes) is 1. The molecule has 1 aromatic carbocycles. The van der Waals surface area contributed by atoms with Gasteiger partial charge in [0.25, 0.3) is 5.56 Å². The molecule has 0 bridgehead atoms. The highest BCUT2D eigenvalue weighted by Gasteiger charge is 2.24. The predicted octanol–water partition coefficient (Wildman–Crippen LogP) is 1.12. The van der Waals surface area contributed by atoms with Crippen molar-refractivity contribution in [2.24, 2.45) is 0 Å². The van der Waals surface area contributed by atoms with E-state index in [2.05, 4.69) is 14.7 Å². The van der Waals surface area contributed by atoms with Crippen molar-refractivity contribution in [3.63, 3.8) is 0 Å². The van der Waals surface area contributed by atoms with Gasteiger partial charge in [-0.05, 0) is 32.4 Å². The summed E-state index contributed by atoms with van der Waals surface area (Å²) in [5, 5.41) is 0. The zero-order valence-electron chi connectivity index (χ0n) is 18.7. The molecule has 1 atom stereocenters. The van der Waals surface area contributed by atoms with E-state index < -0.39 is 33.3 Å². The fraction of sp³-hybridized carbons (Fsp3) is 0.429. The molecule has 2 N–H and O–H groups in total. The van der Waals surface area contributed by atoms with Gasteiger partial charge in [-0.3, -0.25) is 19.1 Å². The van der Waals surface area contributed by atoms with Crippen LogP contribution in [0.2, 0.25) is 0 Å². The number of aromatic nitrogens is 4. The maximum absolute atomic E-state index is 12.5. The smallest absolute Gasteiger partial charge is 0.330 e. The van der Waals surface area contributed by atoms with E-state index >= 15 is 0 Å². The van der Waals surface area contributed by atoms with Crippen LogP contribution < -0.4 is 16.0 Å². The van der Waals surface area contributed by atoms with E-state index in [0.29, 0.717) is 13.1 Å². The minimum Gasteiger partial charge on any atom is -0.456 e. The first kappa shape index (κ1) is 24.4. The summed E-state index contributed by atoms with van der Waals surface area (Å²) in [5.41, 5.74) is -0.673. The van der Waals surface area contributed by atoms with Gasteiger partial charge in [-0.1, -0.05) is 31.5 Å². The number of nitrogens with zero attached hydrogens (tertiary/aromatic N) is 3. The lowest BCUT2D eigenvalue weighted by atomic mass is 10.3. The summed E-state index contributed by atoms with van der Waals surface area (Å²) in [5.74, 6) is -0.526. The van der Waals surface area contributed by atoms with Gasteiger partial charge in [0.05, 0.1) is 4.90 Å². The Hall–Kier alpha value is -3.25. The Morgan fingerprint density at radius 1 is 1.18 bits per heavy atom. The van der Waals surface area contributed by atoms with Crippen LogP contribution in [-0.4, -0.2) is 39.5 Å². The van der Waals surface area contributed by atoms with Crippen LogP contribution in [0, 0.1) is 0 Å². The van der Waals surface area contributed by atoms with E-state index in [9.17, 15) is 22.8 Å². The average molecular weight is 478 g/mol. The minimum atomic E-state index is -3.90. The second-order valence-electron chi connectivity index (χ2n) is 7.47. The minimum absolute atomic E-state index is 0.0294. The van der Waals surface area contributed by atoms with Gasteiger partial charge < -0.3 is 9.30 Å². The fourth-order valence-corrected chi connectivity index (χ4v) is 4.61. The summed E-state index contributed by atoms with van der Waals surface area (Å²) in [7, 11) is -3.90. The number of sulfonamides is 1. The molecule has 0 spiro atoms. The quantitative estimate of drug-likeness (QED) is 0.416. The van der Waals surface area contributed by atoms with Crippen LogP contribution in [0.15, 0.2) is 44.8 Å². The topological polar surface area (TPSA) is 145 Å². The molecule has 0 unspecified atom stereocenters. The number of esters is 1. The molecule has 0 saturated heterocycles. The highest BCUT2D eigenvalue weighted by molar-refractivity contribution is 7.89. The first-order valence-electron chi connectivity index (χ1n) is 10.7. The van der Waals surface area contributed by atoms with Crippen molar-refractivity contribution >= 4 is 27.2 Å². The Labute approximate surface area is 190 Å². The number of fused-ring (bicyclic) bond motifs is 1. The second-order valence-corrected chi connectivity index (χ2v) is 9.19. The number of nitrogens with one attached hydrogen (secondary N) is 2. The molecule has 33 heavy (non-hydrogen) atoms. The number of aromatic amines is 1. The summed E-state index contributed by atoms with van der Waals surface area (Å²) in [6.07, 6.45) is 1.58. The SMILES string of the molecule is CCCCn1c(=O)[nH]c(=O)c2c1nc(COC(=O)[C@H](C)NS(=O)(=O)c1ccccc1)n2CC. The van der Waals surface area contributed by atoms with Crippen LogP contribution in [-0.2, 0) is 39.3 Å². The molecule has 178 valence electrons. The summed E-state index contributed by atoms with van der Waals surface area (Å²) in [6, 6.07) is 6.52. The van der Waals surface area contributed by atoms with Gasteiger partial charge >= 0.3 is 11.7 Å². The molecule has 0 aliphatic carbocycles. The Balaban J connectivity index is 1.82. The van der Waals surface area contributed by atoms with Gasteiger partial charge in [-0.2, -0.15) is 4.72 Å². The molecule has 0 saturated carbocycles. The van der Waals surface area contributed by atoms with Crippen molar-refractivity contribution in [2.75, 3.05) is 0 Å². The monoisotopic (exact) mass is 477 g/mol. The average Bonchev–Trinajstić information content (AvgIpc) is 3.16. The van der Waals surface area contributed by atoms with Crippen LogP contribution in [0.3, 0.4) is 0 Å². The second kappa shape index (κ2) is 10.1. The van der Waals surface area contributed by atoms with Gasteiger partial charge in [0.1, 0.15) is 18.5 Å². The molecule has 0 aliphatic heterocycles. The normalized spacial score (nSPS) is 12.7. The third kappa shape index (κ3) is 5.22. The van der Waals surface area contributed by atoms with Crippen molar-refractivity contribution in [3.05, 3.63) is 57.0 Å². The van der Waals surface area contributed by atoms with Crippen LogP contribution in [0.4, 0.5) is 0 Å². The van der Waals surface area contributed by atoms with Crippen molar-refractivity contribution in [1.29, 1.82) is 0 Å². The first-order valence-corrected chi connectivity index (χ1v) is 12.1. The molecule has 2 heterocycles. The van der Waals surface area contributed by atoms with Gasteiger partial charge in [0, 0.05) is 13.1 Å². The Morgan fingerprint density at radius 3 is 2.52 bits per heavy atom. The molecular formula is C21H27N5O6S. The molecular weight excluding hydrogens is 450 g/mol. The van der Waals surface area contributed by atoms with Crippen molar-refractivity contribution in [1.82, 2.24) is 23.8 Å². The number of H-pyrrole nitrogens is 1. The van der Waals surface area contributed by atoms with E-state index in [-0.39, 0.29) is 28.5 Å². The van der Waals surface area contributed by atoms with E-state index in [0.717, 1.165) is 12.8 Å². The number of aryl methyl sites for hydroxylation is 2. The van der Waals surface area contributed by atoms with Crippen molar-refractivity contribution in [3.8, 4) is 0 Å². The van der Waals surface area contributed by atoms with Crippen LogP contribution >= 0.6 is 0 Å². The maximum atomic E-state index is 12.5. The number of carbonyl (C=O) groups is 1.